The monoisotopic (exact) mass is 373 g/mol. The highest BCUT2D eigenvalue weighted by Crippen LogP contribution is 2.30. The van der Waals surface area contributed by atoms with Crippen molar-refractivity contribution in [3.05, 3.63) is 48.5 Å². The Bertz CT molecular complexity index is 511. The van der Waals surface area contributed by atoms with Gasteiger partial charge in [-0.1, -0.05) is 6.07 Å². The molecule has 0 saturated carbocycles. The van der Waals surface area contributed by atoms with Gasteiger partial charge in [-0.25, -0.2) is 0 Å². The van der Waals surface area contributed by atoms with E-state index in [0.717, 1.165) is 11.0 Å². The van der Waals surface area contributed by atoms with Crippen molar-refractivity contribution < 1.29 is 0 Å². The van der Waals surface area contributed by atoms with E-state index in [1.54, 1.807) is 11.3 Å². The van der Waals surface area contributed by atoms with Crippen LogP contribution in [0.1, 0.15) is 16.0 Å². The summed E-state index contributed by atoms with van der Waals surface area (Å²) in [5, 5.41) is 5.58. The molecule has 4 heteroatoms. The van der Waals surface area contributed by atoms with Gasteiger partial charge >= 0.3 is 0 Å². The molecule has 1 aromatic heterocycles. The Labute approximate surface area is 123 Å². The molecule has 0 spiro atoms. The van der Waals surface area contributed by atoms with Crippen LogP contribution in [-0.2, 0) is 6.54 Å². The first-order valence-corrected chi connectivity index (χ1v) is 7.77. The predicted molar refractivity (Wildman–Crippen MR) is 83.0 cm³/mol. The second kappa shape index (κ2) is 5.55. The second-order valence-corrected chi connectivity index (χ2v) is 6.69. The molecule has 1 nitrogen and oxygen atoms in total. The molecule has 0 atom stereocenters. The molecule has 1 N–H and O–H groups in total. The maximum absolute atomic E-state index is 3.61. The minimum Gasteiger partial charge on any atom is -0.379 e. The van der Waals surface area contributed by atoms with Crippen molar-refractivity contribution in [2.75, 3.05) is 5.32 Å². The van der Waals surface area contributed by atoms with Crippen LogP contribution in [0.2, 0.25) is 0 Å². The fraction of sp³-hybridized carbons (Fsp3) is 0.231. The largest absolute Gasteiger partial charge is 0.379 e. The highest BCUT2D eigenvalue weighted by molar-refractivity contribution is 9.11. The summed E-state index contributed by atoms with van der Waals surface area (Å²) in [7, 11) is 0. The number of hydrogen-bond acceptors (Lipinski definition) is 2. The van der Waals surface area contributed by atoms with Gasteiger partial charge in [0.05, 0.1) is 12.2 Å². The zero-order chi connectivity index (χ0) is 12.4. The molecule has 90 valence electrons. The van der Waals surface area contributed by atoms with Crippen molar-refractivity contribution in [1.29, 1.82) is 0 Å². The van der Waals surface area contributed by atoms with Crippen LogP contribution in [0.15, 0.2) is 32.5 Å². The van der Waals surface area contributed by atoms with Crippen LogP contribution >= 0.6 is 43.2 Å². The third kappa shape index (κ3) is 3.12. The second-order valence-electron chi connectivity index (χ2n) is 3.98. The Morgan fingerprint density at radius 1 is 1.18 bits per heavy atom. The van der Waals surface area contributed by atoms with E-state index in [1.807, 2.05) is 0 Å². The van der Waals surface area contributed by atoms with Gasteiger partial charge in [0.25, 0.3) is 0 Å². The van der Waals surface area contributed by atoms with Crippen molar-refractivity contribution in [1.82, 2.24) is 0 Å². The normalized spacial score (nSPS) is 10.6. The summed E-state index contributed by atoms with van der Waals surface area (Å²) in [5.41, 5.74) is 3.72. The number of halogens is 2. The maximum Gasteiger partial charge on any atom is 0.0517 e. The van der Waals surface area contributed by atoms with Crippen molar-refractivity contribution >= 4 is 48.9 Å². The fourth-order valence-corrected chi connectivity index (χ4v) is 4.01. The summed E-state index contributed by atoms with van der Waals surface area (Å²) in [4.78, 5) is 1.32. The molecule has 0 radical (unpaired) electrons. The van der Waals surface area contributed by atoms with Crippen LogP contribution in [0.25, 0.3) is 0 Å². The van der Waals surface area contributed by atoms with Crippen LogP contribution < -0.4 is 5.32 Å². The van der Waals surface area contributed by atoms with E-state index in [2.05, 4.69) is 74.6 Å². The van der Waals surface area contributed by atoms with E-state index in [-0.39, 0.29) is 0 Å². The van der Waals surface area contributed by atoms with Gasteiger partial charge in [0.2, 0.25) is 0 Å². The van der Waals surface area contributed by atoms with Gasteiger partial charge in [0.1, 0.15) is 0 Å². The van der Waals surface area contributed by atoms with E-state index in [9.17, 15) is 0 Å². The first-order valence-electron chi connectivity index (χ1n) is 5.30. The van der Waals surface area contributed by atoms with Crippen LogP contribution in [-0.4, -0.2) is 0 Å². The van der Waals surface area contributed by atoms with Crippen molar-refractivity contribution in [3.8, 4) is 0 Å². The van der Waals surface area contributed by atoms with Gasteiger partial charge in [0, 0.05) is 13.8 Å². The van der Waals surface area contributed by atoms with Crippen molar-refractivity contribution in [3.63, 3.8) is 0 Å². The summed E-state index contributed by atoms with van der Waals surface area (Å²) >= 11 is 8.92. The quantitative estimate of drug-likeness (QED) is 0.747. The Kier molecular flexibility index (Phi) is 4.28. The zero-order valence-corrected chi connectivity index (χ0v) is 13.7. The van der Waals surface area contributed by atoms with E-state index in [0.29, 0.717) is 0 Å². The lowest BCUT2D eigenvalue weighted by atomic mass is 10.1. The summed E-state index contributed by atoms with van der Waals surface area (Å²) in [6.45, 7) is 5.09. The molecular weight excluding hydrogens is 362 g/mol. The van der Waals surface area contributed by atoms with Crippen LogP contribution in [0.5, 0.6) is 0 Å². The predicted octanol–water partition coefficient (Wildman–Crippen LogP) is 5.50. The first kappa shape index (κ1) is 13.1. The number of benzene rings is 1. The third-order valence-corrected chi connectivity index (χ3v) is 5.10. The fourth-order valence-electron chi connectivity index (χ4n) is 1.76. The van der Waals surface area contributed by atoms with Gasteiger partial charge in [0.15, 0.2) is 0 Å². The van der Waals surface area contributed by atoms with E-state index in [4.69, 9.17) is 0 Å². The van der Waals surface area contributed by atoms with Crippen molar-refractivity contribution in [2.24, 2.45) is 0 Å². The standard InChI is InChI=1S/C13H13Br2NS/c1-8-5-9(2)13(11(15)6-8)16-7-12-10(14)3-4-17-12/h3-6,16H,7H2,1-2H3. The summed E-state index contributed by atoms with van der Waals surface area (Å²) < 4.78 is 2.30. The van der Waals surface area contributed by atoms with Gasteiger partial charge in [-0.2, -0.15) is 0 Å². The molecule has 0 aliphatic carbocycles. The number of rotatable bonds is 3. The highest BCUT2D eigenvalue weighted by Gasteiger charge is 2.06. The topological polar surface area (TPSA) is 12.0 Å². The van der Waals surface area contributed by atoms with Crippen LogP contribution in [0, 0.1) is 13.8 Å². The maximum atomic E-state index is 3.61. The lowest BCUT2D eigenvalue weighted by molar-refractivity contribution is 1.16. The molecule has 17 heavy (non-hydrogen) atoms. The lowest BCUT2D eigenvalue weighted by Crippen LogP contribution is -2.01. The summed E-state index contributed by atoms with van der Waals surface area (Å²) in [6, 6.07) is 6.41. The molecule has 2 aromatic rings. The Morgan fingerprint density at radius 2 is 1.94 bits per heavy atom. The molecule has 2 rings (SSSR count). The van der Waals surface area contributed by atoms with Crippen molar-refractivity contribution in [2.45, 2.75) is 20.4 Å². The summed E-state index contributed by atoms with van der Waals surface area (Å²) in [6.07, 6.45) is 0. The molecule has 0 fully saturated rings. The van der Waals surface area contributed by atoms with Crippen LogP contribution in [0.3, 0.4) is 0 Å². The molecular formula is C13H13Br2NS. The molecule has 0 aliphatic heterocycles. The molecule has 0 saturated heterocycles. The number of aryl methyl sites for hydroxylation is 2. The Hall–Kier alpha value is -0.320. The molecule has 0 amide bonds. The van der Waals surface area contributed by atoms with Gasteiger partial charge in [-0.05, 0) is 74.3 Å². The van der Waals surface area contributed by atoms with Gasteiger partial charge in [-0.15, -0.1) is 11.3 Å². The van der Waals surface area contributed by atoms with Gasteiger partial charge < -0.3 is 5.32 Å². The minimum atomic E-state index is 0.848. The van der Waals surface area contributed by atoms with E-state index >= 15 is 0 Å². The molecule has 1 aromatic carbocycles. The average molecular weight is 375 g/mol. The average Bonchev–Trinajstić information content (AvgIpc) is 2.62. The molecule has 0 bridgehead atoms. The first-order chi connectivity index (χ1) is 8.08. The Balaban J connectivity index is 2.17. The molecule has 0 aliphatic rings. The lowest BCUT2D eigenvalue weighted by Gasteiger charge is -2.12. The number of thiophene rings is 1. The Morgan fingerprint density at radius 3 is 2.53 bits per heavy atom. The molecule has 1 heterocycles. The van der Waals surface area contributed by atoms with E-state index < -0.39 is 0 Å². The smallest absolute Gasteiger partial charge is 0.0517 e. The molecule has 0 unspecified atom stereocenters. The number of anilines is 1. The zero-order valence-electron chi connectivity index (χ0n) is 9.68. The number of nitrogens with one attached hydrogen (secondary N) is 1. The number of hydrogen-bond donors (Lipinski definition) is 1. The van der Waals surface area contributed by atoms with Gasteiger partial charge in [-0.3, -0.25) is 0 Å². The van der Waals surface area contributed by atoms with Crippen LogP contribution in [0.4, 0.5) is 5.69 Å². The SMILES string of the molecule is Cc1cc(C)c(NCc2sccc2Br)c(Br)c1. The van der Waals surface area contributed by atoms with E-state index in [1.165, 1.54) is 26.2 Å². The minimum absolute atomic E-state index is 0.848. The third-order valence-electron chi connectivity index (χ3n) is 2.55. The summed E-state index contributed by atoms with van der Waals surface area (Å²) in [5.74, 6) is 0. The highest BCUT2D eigenvalue weighted by atomic mass is 79.9.